The molecule has 3 aromatic rings. The second-order valence-electron chi connectivity index (χ2n) is 6.10. The standard InChI is InChI=1S/C19H19N3OS.2ClH/c1-22(12-18-21-16-8-2-3-10-17(16)24-18)19(23)14-6-4-9-15-13(14)7-5-11-20-15;;/h2-4,6,8-10,20H,5,7,11-12H2,1H3;2*1H. The lowest BCUT2D eigenvalue weighted by Crippen LogP contribution is -2.28. The lowest BCUT2D eigenvalue weighted by atomic mass is 9.97. The molecule has 1 amide bonds. The Labute approximate surface area is 169 Å². The molecule has 2 aromatic carbocycles. The molecule has 0 spiro atoms. The molecular weight excluding hydrogens is 389 g/mol. The van der Waals surface area contributed by atoms with E-state index in [4.69, 9.17) is 0 Å². The molecule has 7 heteroatoms. The van der Waals surface area contributed by atoms with E-state index in [0.29, 0.717) is 6.54 Å². The van der Waals surface area contributed by atoms with Crippen LogP contribution < -0.4 is 5.32 Å². The Bertz CT molecular complexity index is 880. The van der Waals surface area contributed by atoms with Crippen LogP contribution in [0.1, 0.15) is 27.3 Å². The smallest absolute Gasteiger partial charge is 0.254 e. The van der Waals surface area contributed by atoms with Crippen LogP contribution >= 0.6 is 36.2 Å². The minimum atomic E-state index is 0. The molecule has 1 N–H and O–H groups in total. The first-order valence-electron chi connectivity index (χ1n) is 8.18. The van der Waals surface area contributed by atoms with Crippen LogP contribution in [0, 0.1) is 0 Å². The summed E-state index contributed by atoms with van der Waals surface area (Å²) in [4.78, 5) is 19.3. The summed E-state index contributed by atoms with van der Waals surface area (Å²) in [6.07, 6.45) is 2.03. The van der Waals surface area contributed by atoms with Gasteiger partial charge in [0.05, 0.1) is 16.8 Å². The van der Waals surface area contributed by atoms with Crippen molar-refractivity contribution < 1.29 is 4.79 Å². The van der Waals surface area contributed by atoms with Gasteiger partial charge in [0.1, 0.15) is 5.01 Å². The number of para-hydroxylation sites is 1. The summed E-state index contributed by atoms with van der Waals surface area (Å²) in [5, 5.41) is 4.35. The molecule has 0 saturated heterocycles. The molecule has 1 aliphatic rings. The Kier molecular flexibility index (Phi) is 6.87. The van der Waals surface area contributed by atoms with E-state index in [9.17, 15) is 4.79 Å². The van der Waals surface area contributed by atoms with Crippen molar-refractivity contribution in [3.05, 3.63) is 58.6 Å². The van der Waals surface area contributed by atoms with Gasteiger partial charge in [-0.15, -0.1) is 36.2 Å². The summed E-state index contributed by atoms with van der Waals surface area (Å²) in [6.45, 7) is 1.52. The van der Waals surface area contributed by atoms with Gasteiger partial charge in [-0.1, -0.05) is 18.2 Å². The van der Waals surface area contributed by atoms with Crippen LogP contribution in [0.2, 0.25) is 0 Å². The van der Waals surface area contributed by atoms with E-state index in [-0.39, 0.29) is 30.7 Å². The number of hydrogen-bond acceptors (Lipinski definition) is 4. The highest BCUT2D eigenvalue weighted by Crippen LogP contribution is 2.27. The van der Waals surface area contributed by atoms with Crippen molar-refractivity contribution in [3.8, 4) is 0 Å². The molecule has 0 saturated carbocycles. The van der Waals surface area contributed by atoms with Gasteiger partial charge in [0.25, 0.3) is 5.91 Å². The van der Waals surface area contributed by atoms with Gasteiger partial charge >= 0.3 is 0 Å². The molecule has 26 heavy (non-hydrogen) atoms. The van der Waals surface area contributed by atoms with Crippen molar-refractivity contribution in [1.82, 2.24) is 9.88 Å². The highest BCUT2D eigenvalue weighted by molar-refractivity contribution is 7.18. The number of carbonyl (C=O) groups excluding carboxylic acids is 1. The monoisotopic (exact) mass is 409 g/mol. The zero-order valence-electron chi connectivity index (χ0n) is 14.4. The number of fused-ring (bicyclic) bond motifs is 2. The first-order valence-corrected chi connectivity index (χ1v) is 9.00. The van der Waals surface area contributed by atoms with Gasteiger partial charge < -0.3 is 10.2 Å². The Balaban J connectivity index is 0.00000121. The van der Waals surface area contributed by atoms with Crippen LogP contribution in [0.5, 0.6) is 0 Å². The molecule has 0 fully saturated rings. The predicted octanol–water partition coefficient (Wildman–Crippen LogP) is 4.77. The maximum absolute atomic E-state index is 12.9. The maximum Gasteiger partial charge on any atom is 0.254 e. The average molecular weight is 410 g/mol. The van der Waals surface area contributed by atoms with Gasteiger partial charge in [-0.2, -0.15) is 0 Å². The number of nitrogens with zero attached hydrogens (tertiary/aromatic N) is 2. The molecule has 0 bridgehead atoms. The molecule has 138 valence electrons. The van der Waals surface area contributed by atoms with E-state index in [1.54, 1.807) is 16.2 Å². The van der Waals surface area contributed by atoms with Crippen LogP contribution in [-0.2, 0) is 13.0 Å². The first-order chi connectivity index (χ1) is 11.7. The number of halogens is 2. The SMILES string of the molecule is CN(Cc1nc2ccccc2s1)C(=O)c1cccc2c1CCCN2.Cl.Cl. The highest BCUT2D eigenvalue weighted by Gasteiger charge is 2.20. The van der Waals surface area contributed by atoms with E-state index >= 15 is 0 Å². The molecule has 4 nitrogen and oxygen atoms in total. The summed E-state index contributed by atoms with van der Waals surface area (Å²) in [6, 6.07) is 14.0. The fraction of sp³-hybridized carbons (Fsp3) is 0.263. The second kappa shape index (κ2) is 8.71. The van der Waals surface area contributed by atoms with E-state index in [0.717, 1.165) is 51.4 Å². The van der Waals surface area contributed by atoms with Gasteiger partial charge in [-0.05, 0) is 42.7 Å². The quantitative estimate of drug-likeness (QED) is 0.677. The number of aromatic nitrogens is 1. The highest BCUT2D eigenvalue weighted by atomic mass is 35.5. The number of carbonyl (C=O) groups is 1. The summed E-state index contributed by atoms with van der Waals surface area (Å²) in [5.74, 6) is 0.0646. The number of thiazole rings is 1. The molecule has 1 aromatic heterocycles. The molecule has 2 heterocycles. The molecule has 1 aliphatic heterocycles. The minimum Gasteiger partial charge on any atom is -0.385 e. The summed E-state index contributed by atoms with van der Waals surface area (Å²) in [7, 11) is 1.85. The van der Waals surface area contributed by atoms with Crippen molar-refractivity contribution in [3.63, 3.8) is 0 Å². The van der Waals surface area contributed by atoms with Crippen LogP contribution in [0.15, 0.2) is 42.5 Å². The molecule has 0 radical (unpaired) electrons. The number of rotatable bonds is 3. The van der Waals surface area contributed by atoms with E-state index < -0.39 is 0 Å². The van der Waals surface area contributed by atoms with Crippen molar-refractivity contribution in [2.75, 3.05) is 18.9 Å². The number of amides is 1. The van der Waals surface area contributed by atoms with Crippen LogP contribution in [0.25, 0.3) is 10.2 Å². The third-order valence-electron chi connectivity index (χ3n) is 4.38. The van der Waals surface area contributed by atoms with Gasteiger partial charge in [-0.25, -0.2) is 4.98 Å². The Hall–Kier alpha value is -1.82. The molecular formula is C19H21Cl2N3OS. The lowest BCUT2D eigenvalue weighted by molar-refractivity contribution is 0.0784. The van der Waals surface area contributed by atoms with Crippen LogP contribution in [-0.4, -0.2) is 29.4 Å². The summed E-state index contributed by atoms with van der Waals surface area (Å²) in [5.41, 5.74) is 4.05. The summed E-state index contributed by atoms with van der Waals surface area (Å²) >= 11 is 1.65. The topological polar surface area (TPSA) is 45.2 Å². The van der Waals surface area contributed by atoms with Crippen molar-refractivity contribution in [2.45, 2.75) is 19.4 Å². The molecule has 0 atom stereocenters. The number of nitrogens with one attached hydrogen (secondary N) is 1. The van der Waals surface area contributed by atoms with Crippen molar-refractivity contribution in [1.29, 1.82) is 0 Å². The van der Waals surface area contributed by atoms with Gasteiger partial charge in [0, 0.05) is 24.8 Å². The largest absolute Gasteiger partial charge is 0.385 e. The summed E-state index contributed by atoms with van der Waals surface area (Å²) < 4.78 is 1.16. The van der Waals surface area contributed by atoms with Crippen LogP contribution in [0.4, 0.5) is 5.69 Å². The van der Waals surface area contributed by atoms with Gasteiger partial charge in [0.15, 0.2) is 0 Å². The third kappa shape index (κ3) is 3.95. The molecule has 0 aliphatic carbocycles. The Morgan fingerprint density at radius 2 is 2.00 bits per heavy atom. The normalized spacial score (nSPS) is 12.3. The van der Waals surface area contributed by atoms with E-state index in [1.807, 2.05) is 37.4 Å². The first kappa shape index (κ1) is 20.5. The van der Waals surface area contributed by atoms with Gasteiger partial charge in [0.2, 0.25) is 0 Å². The van der Waals surface area contributed by atoms with Crippen molar-refractivity contribution >= 4 is 58.0 Å². The maximum atomic E-state index is 12.9. The zero-order chi connectivity index (χ0) is 16.5. The van der Waals surface area contributed by atoms with Gasteiger partial charge in [-0.3, -0.25) is 4.79 Å². The average Bonchev–Trinajstić information content (AvgIpc) is 3.02. The van der Waals surface area contributed by atoms with E-state index in [1.165, 1.54) is 0 Å². The minimum absolute atomic E-state index is 0. The number of benzene rings is 2. The molecule has 4 rings (SSSR count). The fourth-order valence-electron chi connectivity index (χ4n) is 3.18. The zero-order valence-corrected chi connectivity index (χ0v) is 16.8. The second-order valence-corrected chi connectivity index (χ2v) is 7.21. The van der Waals surface area contributed by atoms with Crippen LogP contribution in [0.3, 0.4) is 0 Å². The lowest BCUT2D eigenvalue weighted by Gasteiger charge is -2.23. The molecule has 0 unspecified atom stereocenters. The Morgan fingerprint density at radius 1 is 1.19 bits per heavy atom. The third-order valence-corrected chi connectivity index (χ3v) is 5.40. The fourth-order valence-corrected chi connectivity index (χ4v) is 4.20. The Morgan fingerprint density at radius 3 is 2.81 bits per heavy atom. The van der Waals surface area contributed by atoms with Crippen molar-refractivity contribution in [2.24, 2.45) is 0 Å². The number of hydrogen-bond donors (Lipinski definition) is 1. The van der Waals surface area contributed by atoms with E-state index in [2.05, 4.69) is 22.4 Å². The predicted molar refractivity (Wildman–Crippen MR) is 113 cm³/mol. The number of anilines is 1.